The third-order valence-electron chi connectivity index (χ3n) is 4.44. The van der Waals surface area contributed by atoms with Gasteiger partial charge in [-0.2, -0.15) is 0 Å². The molecule has 0 spiro atoms. The fourth-order valence-corrected chi connectivity index (χ4v) is 3.33. The molecule has 0 fully saturated rings. The molecular formula is C18H18FNO2. The van der Waals surface area contributed by atoms with Crippen molar-refractivity contribution in [3.05, 3.63) is 64.7 Å². The summed E-state index contributed by atoms with van der Waals surface area (Å²) in [4.78, 5) is 15.3. The van der Waals surface area contributed by atoms with Crippen LogP contribution in [0.25, 0.3) is 0 Å². The van der Waals surface area contributed by atoms with Crippen molar-refractivity contribution in [3.63, 3.8) is 0 Å². The molecule has 114 valence electrons. The first-order chi connectivity index (χ1) is 10.6. The number of aromatic carboxylic acids is 1. The predicted octanol–water partition coefficient (Wildman–Crippen LogP) is 3.97. The average molecular weight is 299 g/mol. The molecule has 0 aliphatic heterocycles. The lowest BCUT2D eigenvalue weighted by Crippen LogP contribution is -2.12. The largest absolute Gasteiger partial charge is 0.478 e. The maximum Gasteiger partial charge on any atom is 0.336 e. The van der Waals surface area contributed by atoms with Crippen LogP contribution in [0.1, 0.15) is 52.2 Å². The number of carboxylic acid groups (broad SMARTS) is 1. The van der Waals surface area contributed by atoms with Crippen LogP contribution >= 0.6 is 0 Å². The van der Waals surface area contributed by atoms with Crippen LogP contribution < -0.4 is 0 Å². The van der Waals surface area contributed by atoms with Gasteiger partial charge in [0.05, 0.1) is 5.56 Å². The molecule has 1 heterocycles. The smallest absolute Gasteiger partial charge is 0.336 e. The standard InChI is InChI=1S/C18H18FNO2/c19-15-7-6-13-3-1-2-12(17(13)10-15)4-5-14-11-20-9-8-16(14)18(21)22/h6-12H,1-5H2,(H,21,22). The molecule has 0 bridgehead atoms. The van der Waals surface area contributed by atoms with Crippen LogP contribution in [-0.4, -0.2) is 16.1 Å². The minimum atomic E-state index is -0.924. The fraction of sp³-hybridized carbons (Fsp3) is 0.333. The molecule has 2 aromatic rings. The van der Waals surface area contributed by atoms with Gasteiger partial charge in [0.15, 0.2) is 0 Å². The second kappa shape index (κ2) is 6.26. The van der Waals surface area contributed by atoms with Crippen LogP contribution in [0, 0.1) is 5.82 Å². The number of aryl methyl sites for hydroxylation is 2. The van der Waals surface area contributed by atoms with Gasteiger partial charge in [-0.25, -0.2) is 9.18 Å². The molecule has 1 unspecified atom stereocenters. The summed E-state index contributed by atoms with van der Waals surface area (Å²) in [7, 11) is 0. The fourth-order valence-electron chi connectivity index (χ4n) is 3.33. The number of rotatable bonds is 4. The molecule has 1 aromatic heterocycles. The number of halogens is 1. The van der Waals surface area contributed by atoms with E-state index in [0.717, 1.165) is 36.8 Å². The molecule has 0 saturated carbocycles. The van der Waals surface area contributed by atoms with Gasteiger partial charge in [0.2, 0.25) is 0 Å². The van der Waals surface area contributed by atoms with Crippen LogP contribution in [0.5, 0.6) is 0 Å². The van der Waals surface area contributed by atoms with E-state index in [2.05, 4.69) is 4.98 Å². The first-order valence-corrected chi connectivity index (χ1v) is 7.59. The van der Waals surface area contributed by atoms with E-state index in [4.69, 9.17) is 0 Å². The topological polar surface area (TPSA) is 50.2 Å². The third-order valence-corrected chi connectivity index (χ3v) is 4.44. The molecule has 3 rings (SSSR count). The highest BCUT2D eigenvalue weighted by Gasteiger charge is 2.21. The zero-order valence-corrected chi connectivity index (χ0v) is 12.3. The Balaban J connectivity index is 1.79. The molecule has 1 atom stereocenters. The van der Waals surface area contributed by atoms with Crippen molar-refractivity contribution in [2.24, 2.45) is 0 Å². The highest BCUT2D eigenvalue weighted by Crippen LogP contribution is 2.35. The van der Waals surface area contributed by atoms with Crippen molar-refractivity contribution in [2.75, 3.05) is 0 Å². The van der Waals surface area contributed by atoms with Gasteiger partial charge in [0.25, 0.3) is 0 Å². The van der Waals surface area contributed by atoms with E-state index < -0.39 is 5.97 Å². The van der Waals surface area contributed by atoms with E-state index in [-0.39, 0.29) is 5.82 Å². The van der Waals surface area contributed by atoms with Crippen molar-refractivity contribution in [1.82, 2.24) is 4.98 Å². The molecule has 0 amide bonds. The summed E-state index contributed by atoms with van der Waals surface area (Å²) in [6.07, 6.45) is 7.72. The molecule has 4 heteroatoms. The average Bonchev–Trinajstić information content (AvgIpc) is 2.53. The lowest BCUT2D eigenvalue weighted by Gasteiger charge is -2.25. The van der Waals surface area contributed by atoms with Crippen molar-refractivity contribution < 1.29 is 14.3 Å². The molecule has 1 N–H and O–H groups in total. The summed E-state index contributed by atoms with van der Waals surface area (Å²) in [5, 5.41) is 9.22. The van der Waals surface area contributed by atoms with Gasteiger partial charge in [0, 0.05) is 12.4 Å². The Hall–Kier alpha value is -2.23. The molecule has 3 nitrogen and oxygen atoms in total. The summed E-state index contributed by atoms with van der Waals surface area (Å²) in [6.45, 7) is 0. The second-order valence-electron chi connectivity index (χ2n) is 5.81. The van der Waals surface area contributed by atoms with E-state index in [9.17, 15) is 14.3 Å². The number of pyridine rings is 1. The first kappa shape index (κ1) is 14.7. The summed E-state index contributed by atoms with van der Waals surface area (Å²) >= 11 is 0. The molecule has 0 radical (unpaired) electrons. The molecule has 1 aliphatic carbocycles. The zero-order chi connectivity index (χ0) is 15.5. The monoisotopic (exact) mass is 299 g/mol. The van der Waals surface area contributed by atoms with E-state index in [1.54, 1.807) is 12.3 Å². The number of benzene rings is 1. The van der Waals surface area contributed by atoms with Crippen molar-refractivity contribution >= 4 is 5.97 Å². The van der Waals surface area contributed by atoms with E-state index in [0.29, 0.717) is 17.9 Å². The summed E-state index contributed by atoms with van der Waals surface area (Å²) in [6, 6.07) is 6.57. The number of fused-ring (bicyclic) bond motifs is 1. The minimum absolute atomic E-state index is 0.196. The van der Waals surface area contributed by atoms with E-state index in [1.165, 1.54) is 23.9 Å². The van der Waals surface area contributed by atoms with Crippen LogP contribution in [-0.2, 0) is 12.8 Å². The Morgan fingerprint density at radius 3 is 3.05 bits per heavy atom. The quantitative estimate of drug-likeness (QED) is 0.929. The third kappa shape index (κ3) is 3.01. The Morgan fingerprint density at radius 2 is 2.23 bits per heavy atom. The molecule has 1 aliphatic rings. The lowest BCUT2D eigenvalue weighted by atomic mass is 9.80. The summed E-state index contributed by atoms with van der Waals surface area (Å²) < 4.78 is 13.5. The van der Waals surface area contributed by atoms with Gasteiger partial charge in [0.1, 0.15) is 5.82 Å². The van der Waals surface area contributed by atoms with Crippen LogP contribution in [0.3, 0.4) is 0 Å². The van der Waals surface area contributed by atoms with E-state index in [1.807, 2.05) is 6.07 Å². The maximum atomic E-state index is 13.5. The molecule has 0 saturated heterocycles. The van der Waals surface area contributed by atoms with Crippen molar-refractivity contribution in [1.29, 1.82) is 0 Å². The highest BCUT2D eigenvalue weighted by molar-refractivity contribution is 5.89. The maximum absolute atomic E-state index is 13.5. The summed E-state index contributed by atoms with van der Waals surface area (Å²) in [5.41, 5.74) is 3.37. The van der Waals surface area contributed by atoms with Crippen LogP contribution in [0.4, 0.5) is 4.39 Å². The number of hydrogen-bond donors (Lipinski definition) is 1. The normalized spacial score (nSPS) is 17.0. The second-order valence-corrected chi connectivity index (χ2v) is 5.81. The zero-order valence-electron chi connectivity index (χ0n) is 12.3. The number of nitrogens with zero attached hydrogens (tertiary/aromatic N) is 1. The Bertz CT molecular complexity index is 699. The van der Waals surface area contributed by atoms with Crippen LogP contribution in [0.2, 0.25) is 0 Å². The van der Waals surface area contributed by atoms with Gasteiger partial charge < -0.3 is 5.11 Å². The first-order valence-electron chi connectivity index (χ1n) is 7.59. The van der Waals surface area contributed by atoms with Crippen molar-refractivity contribution in [3.8, 4) is 0 Å². The highest BCUT2D eigenvalue weighted by atomic mass is 19.1. The number of carboxylic acids is 1. The van der Waals surface area contributed by atoms with Crippen LogP contribution in [0.15, 0.2) is 36.7 Å². The van der Waals surface area contributed by atoms with Gasteiger partial charge >= 0.3 is 5.97 Å². The van der Waals surface area contributed by atoms with Crippen molar-refractivity contribution in [2.45, 2.75) is 38.0 Å². The Kier molecular flexibility index (Phi) is 4.18. The summed E-state index contributed by atoms with van der Waals surface area (Å²) in [5.74, 6) is -0.827. The lowest BCUT2D eigenvalue weighted by molar-refractivity contribution is 0.0695. The van der Waals surface area contributed by atoms with Gasteiger partial charge in [-0.15, -0.1) is 0 Å². The van der Waals surface area contributed by atoms with Gasteiger partial charge in [-0.1, -0.05) is 6.07 Å². The number of aromatic nitrogens is 1. The number of carbonyl (C=O) groups is 1. The Labute approximate surface area is 128 Å². The molecule has 1 aromatic carbocycles. The molecule has 22 heavy (non-hydrogen) atoms. The van der Waals surface area contributed by atoms with Gasteiger partial charge in [-0.05, 0) is 72.9 Å². The van der Waals surface area contributed by atoms with E-state index >= 15 is 0 Å². The van der Waals surface area contributed by atoms with Gasteiger partial charge in [-0.3, -0.25) is 4.98 Å². The number of hydrogen-bond acceptors (Lipinski definition) is 2. The molecular weight excluding hydrogens is 281 g/mol. The Morgan fingerprint density at radius 1 is 1.36 bits per heavy atom. The minimum Gasteiger partial charge on any atom is -0.478 e. The predicted molar refractivity (Wildman–Crippen MR) is 81.6 cm³/mol. The SMILES string of the molecule is O=C(O)c1ccncc1CCC1CCCc2ccc(F)cc21.